The molecular weight excluding hydrogens is 270 g/mol. The molecule has 1 amide bonds. The average molecular weight is 291 g/mol. The summed E-state index contributed by atoms with van der Waals surface area (Å²) in [7, 11) is 0. The molecular formula is C13H21N7O. The minimum atomic E-state index is 0.0424. The minimum absolute atomic E-state index is 0.0424. The molecule has 114 valence electrons. The molecule has 0 spiro atoms. The highest BCUT2D eigenvalue weighted by Gasteiger charge is 2.23. The molecule has 1 unspecified atom stereocenters. The van der Waals surface area contributed by atoms with E-state index < -0.39 is 0 Å². The van der Waals surface area contributed by atoms with Crippen LogP contribution in [0, 0.1) is 0 Å². The first kappa shape index (κ1) is 13.8. The average Bonchev–Trinajstić information content (AvgIpc) is 3.11. The normalized spacial score (nSPS) is 21.5. The number of hydrogen-bond acceptors (Lipinski definition) is 7. The van der Waals surface area contributed by atoms with Gasteiger partial charge in [0.05, 0.1) is 6.04 Å². The SMILES string of the molecule is CCNc1nc(NC2CNC(=O)C2)nc(N2CCCC2)n1. The van der Waals surface area contributed by atoms with Crippen LogP contribution in [0.1, 0.15) is 26.2 Å². The molecule has 2 aliphatic heterocycles. The van der Waals surface area contributed by atoms with Gasteiger partial charge in [0.25, 0.3) is 0 Å². The van der Waals surface area contributed by atoms with Crippen molar-refractivity contribution in [2.45, 2.75) is 32.2 Å². The fourth-order valence-corrected chi connectivity index (χ4v) is 2.61. The molecule has 0 aromatic carbocycles. The Kier molecular flexibility index (Phi) is 4.03. The monoisotopic (exact) mass is 291 g/mol. The lowest BCUT2D eigenvalue weighted by Crippen LogP contribution is -2.26. The molecule has 2 aliphatic rings. The molecule has 1 aromatic heterocycles. The Morgan fingerprint density at radius 2 is 2.00 bits per heavy atom. The molecule has 0 radical (unpaired) electrons. The number of nitrogens with one attached hydrogen (secondary N) is 3. The maximum atomic E-state index is 11.3. The number of anilines is 3. The molecule has 3 heterocycles. The number of amides is 1. The zero-order chi connectivity index (χ0) is 14.7. The fourth-order valence-electron chi connectivity index (χ4n) is 2.61. The van der Waals surface area contributed by atoms with E-state index in [9.17, 15) is 4.79 Å². The third kappa shape index (κ3) is 3.32. The number of carbonyl (C=O) groups is 1. The standard InChI is InChI=1S/C13H21N7O/c1-2-14-11-17-12(16-9-7-10(21)15-8-9)19-13(18-11)20-5-3-4-6-20/h9H,2-8H2,1H3,(H,15,21)(H2,14,16,17,18,19). The molecule has 2 saturated heterocycles. The second-order valence-corrected chi connectivity index (χ2v) is 5.36. The number of aromatic nitrogens is 3. The highest BCUT2D eigenvalue weighted by atomic mass is 16.1. The molecule has 3 rings (SSSR count). The molecule has 1 aromatic rings. The Morgan fingerprint density at radius 3 is 2.67 bits per heavy atom. The summed E-state index contributed by atoms with van der Waals surface area (Å²) >= 11 is 0. The predicted octanol–water partition coefficient (Wildman–Crippen LogP) is 0.204. The van der Waals surface area contributed by atoms with Gasteiger partial charge in [-0.1, -0.05) is 0 Å². The summed E-state index contributed by atoms with van der Waals surface area (Å²) in [6, 6.07) is 0.0424. The minimum Gasteiger partial charge on any atom is -0.354 e. The van der Waals surface area contributed by atoms with Gasteiger partial charge in [-0.3, -0.25) is 4.79 Å². The Hall–Kier alpha value is -2.12. The highest BCUT2D eigenvalue weighted by molar-refractivity contribution is 5.79. The van der Waals surface area contributed by atoms with E-state index in [0.29, 0.717) is 30.8 Å². The van der Waals surface area contributed by atoms with E-state index in [1.807, 2.05) is 6.92 Å². The molecule has 0 bridgehead atoms. The van der Waals surface area contributed by atoms with Crippen LogP contribution >= 0.6 is 0 Å². The van der Waals surface area contributed by atoms with Crippen LogP contribution in [0.4, 0.5) is 17.8 Å². The van der Waals surface area contributed by atoms with Crippen LogP contribution in [0.2, 0.25) is 0 Å². The molecule has 21 heavy (non-hydrogen) atoms. The van der Waals surface area contributed by atoms with Crippen LogP contribution in [-0.2, 0) is 4.79 Å². The first-order valence-electron chi connectivity index (χ1n) is 7.52. The molecule has 8 nitrogen and oxygen atoms in total. The van der Waals surface area contributed by atoms with Gasteiger partial charge in [-0.25, -0.2) is 0 Å². The van der Waals surface area contributed by atoms with Crippen LogP contribution in [0.25, 0.3) is 0 Å². The van der Waals surface area contributed by atoms with Gasteiger partial charge in [-0.15, -0.1) is 0 Å². The van der Waals surface area contributed by atoms with Crippen molar-refractivity contribution in [2.75, 3.05) is 41.7 Å². The second kappa shape index (κ2) is 6.11. The van der Waals surface area contributed by atoms with Crippen molar-refractivity contribution in [3.8, 4) is 0 Å². The number of carbonyl (C=O) groups excluding carboxylic acids is 1. The van der Waals surface area contributed by atoms with Gasteiger partial charge in [0.15, 0.2) is 0 Å². The van der Waals surface area contributed by atoms with Crippen LogP contribution in [0.3, 0.4) is 0 Å². The van der Waals surface area contributed by atoms with E-state index in [1.54, 1.807) is 0 Å². The largest absolute Gasteiger partial charge is 0.354 e. The van der Waals surface area contributed by atoms with Crippen LogP contribution < -0.4 is 20.9 Å². The lowest BCUT2D eigenvalue weighted by Gasteiger charge is -2.18. The van der Waals surface area contributed by atoms with Gasteiger partial charge in [0, 0.05) is 32.6 Å². The van der Waals surface area contributed by atoms with Gasteiger partial charge in [0.1, 0.15) is 0 Å². The van der Waals surface area contributed by atoms with E-state index in [2.05, 4.69) is 35.8 Å². The van der Waals surface area contributed by atoms with E-state index >= 15 is 0 Å². The predicted molar refractivity (Wildman–Crippen MR) is 80.5 cm³/mol. The van der Waals surface area contributed by atoms with Crippen molar-refractivity contribution in [3.63, 3.8) is 0 Å². The Labute approximate surface area is 123 Å². The first-order valence-corrected chi connectivity index (χ1v) is 7.52. The van der Waals surface area contributed by atoms with E-state index in [0.717, 1.165) is 19.6 Å². The Morgan fingerprint density at radius 1 is 1.24 bits per heavy atom. The Balaban J connectivity index is 1.78. The fraction of sp³-hybridized carbons (Fsp3) is 0.692. The van der Waals surface area contributed by atoms with Crippen LogP contribution in [0.5, 0.6) is 0 Å². The lowest BCUT2D eigenvalue weighted by molar-refractivity contribution is -0.119. The van der Waals surface area contributed by atoms with Gasteiger partial charge >= 0.3 is 0 Å². The van der Waals surface area contributed by atoms with E-state index in [1.165, 1.54) is 12.8 Å². The van der Waals surface area contributed by atoms with Gasteiger partial charge in [-0.05, 0) is 19.8 Å². The van der Waals surface area contributed by atoms with Crippen LogP contribution in [0.15, 0.2) is 0 Å². The number of hydrogen-bond donors (Lipinski definition) is 3. The maximum absolute atomic E-state index is 11.3. The van der Waals surface area contributed by atoms with Crippen molar-refractivity contribution >= 4 is 23.8 Å². The van der Waals surface area contributed by atoms with E-state index in [-0.39, 0.29) is 11.9 Å². The zero-order valence-electron chi connectivity index (χ0n) is 12.2. The lowest BCUT2D eigenvalue weighted by atomic mass is 10.3. The smallest absolute Gasteiger partial charge is 0.231 e. The third-order valence-electron chi connectivity index (χ3n) is 3.66. The summed E-state index contributed by atoms with van der Waals surface area (Å²) in [6.45, 7) is 5.34. The van der Waals surface area contributed by atoms with Crippen molar-refractivity contribution in [3.05, 3.63) is 0 Å². The quantitative estimate of drug-likeness (QED) is 0.713. The third-order valence-corrected chi connectivity index (χ3v) is 3.66. The molecule has 2 fully saturated rings. The summed E-state index contributed by atoms with van der Waals surface area (Å²) in [5.41, 5.74) is 0. The first-order chi connectivity index (χ1) is 10.2. The molecule has 3 N–H and O–H groups in total. The molecule has 0 saturated carbocycles. The van der Waals surface area contributed by atoms with Crippen molar-refractivity contribution in [2.24, 2.45) is 0 Å². The van der Waals surface area contributed by atoms with Crippen molar-refractivity contribution < 1.29 is 4.79 Å². The molecule has 1 atom stereocenters. The van der Waals surface area contributed by atoms with Crippen molar-refractivity contribution in [1.82, 2.24) is 20.3 Å². The summed E-state index contributed by atoms with van der Waals surface area (Å²) in [5, 5.41) is 9.16. The summed E-state index contributed by atoms with van der Waals surface area (Å²) < 4.78 is 0. The second-order valence-electron chi connectivity index (χ2n) is 5.36. The summed E-state index contributed by atoms with van der Waals surface area (Å²) in [4.78, 5) is 26.8. The maximum Gasteiger partial charge on any atom is 0.231 e. The van der Waals surface area contributed by atoms with Gasteiger partial charge < -0.3 is 20.9 Å². The summed E-state index contributed by atoms with van der Waals surface area (Å²) in [6.07, 6.45) is 2.80. The summed E-state index contributed by atoms with van der Waals surface area (Å²) in [5.74, 6) is 1.88. The van der Waals surface area contributed by atoms with Gasteiger partial charge in [0.2, 0.25) is 23.8 Å². The Bertz CT molecular complexity index is 515. The van der Waals surface area contributed by atoms with Crippen LogP contribution in [-0.4, -0.2) is 53.1 Å². The zero-order valence-corrected chi connectivity index (χ0v) is 12.2. The van der Waals surface area contributed by atoms with Crippen molar-refractivity contribution in [1.29, 1.82) is 0 Å². The molecule has 0 aliphatic carbocycles. The number of nitrogens with zero attached hydrogens (tertiary/aromatic N) is 4. The van der Waals surface area contributed by atoms with E-state index in [4.69, 9.17) is 0 Å². The topological polar surface area (TPSA) is 95.1 Å². The molecule has 8 heteroatoms. The number of rotatable bonds is 5. The highest BCUT2D eigenvalue weighted by Crippen LogP contribution is 2.19. The van der Waals surface area contributed by atoms with Gasteiger partial charge in [-0.2, -0.15) is 15.0 Å².